The molecule has 0 radical (unpaired) electrons. The Balaban J connectivity index is 1.23. The number of nitrogens with one attached hydrogen (secondary N) is 2. The Hall–Kier alpha value is -4.40. The first-order valence-electron chi connectivity index (χ1n) is 15.7. The van der Waals surface area contributed by atoms with Crippen LogP contribution >= 0.6 is 0 Å². The smallest absolute Gasteiger partial charge is 0.410 e. The molecule has 1 saturated carbocycles. The van der Waals surface area contributed by atoms with Crippen molar-refractivity contribution in [1.29, 1.82) is 0 Å². The van der Waals surface area contributed by atoms with Gasteiger partial charge in [-0.3, -0.25) is 0 Å². The van der Waals surface area contributed by atoms with E-state index in [-0.39, 0.29) is 12.1 Å². The lowest BCUT2D eigenvalue weighted by Gasteiger charge is -2.34. The number of carbonyl (C=O) groups is 1. The van der Waals surface area contributed by atoms with Gasteiger partial charge in [0.2, 0.25) is 11.8 Å². The number of hydrogen-bond donors (Lipinski definition) is 2. The fraction of sp³-hybridized carbons (Fsp3) is 0.429. The summed E-state index contributed by atoms with van der Waals surface area (Å²) in [7, 11) is 0. The standard InChI is InChI=1S/C35H42N6O3/c1-23-16-17-26-27(13-7-15-29(26)38-24-10-5-6-11-24)31(23)43-32-28(14-8-19-36-32)30-18-20-37-33(40-30)39-25-12-9-21-41(22-25)34(42)44-35(2,3)4/h7-8,13-20,24-25,38H,5-6,9-12,21-22H2,1-4H3,(H,37,39,40)/t25-/m0/s1. The van der Waals surface area contributed by atoms with Gasteiger partial charge in [0.15, 0.2) is 0 Å². The normalized spacial score (nSPS) is 17.5. The third-order valence-electron chi connectivity index (χ3n) is 8.23. The van der Waals surface area contributed by atoms with Gasteiger partial charge in [-0.05, 0) is 83.2 Å². The number of ether oxygens (including phenoxy) is 2. The van der Waals surface area contributed by atoms with Gasteiger partial charge < -0.3 is 25.0 Å². The second-order valence-electron chi connectivity index (χ2n) is 12.9. The van der Waals surface area contributed by atoms with Crippen LogP contribution in [0.1, 0.15) is 64.9 Å². The summed E-state index contributed by atoms with van der Waals surface area (Å²) in [5.74, 6) is 1.77. The number of hydrogen-bond acceptors (Lipinski definition) is 8. The molecule has 2 aromatic heterocycles. The maximum absolute atomic E-state index is 12.7. The zero-order valence-corrected chi connectivity index (χ0v) is 26.1. The molecule has 0 bridgehead atoms. The van der Waals surface area contributed by atoms with Gasteiger partial charge in [-0.15, -0.1) is 0 Å². The van der Waals surface area contributed by atoms with Crippen LogP contribution in [0.4, 0.5) is 16.4 Å². The van der Waals surface area contributed by atoms with Crippen molar-refractivity contribution in [3.8, 4) is 22.9 Å². The van der Waals surface area contributed by atoms with E-state index in [0.29, 0.717) is 36.7 Å². The van der Waals surface area contributed by atoms with Crippen LogP contribution in [0, 0.1) is 6.92 Å². The van der Waals surface area contributed by atoms with Gasteiger partial charge >= 0.3 is 6.09 Å². The summed E-state index contributed by atoms with van der Waals surface area (Å²) >= 11 is 0. The molecule has 1 amide bonds. The third kappa shape index (κ3) is 6.87. The second kappa shape index (κ2) is 12.7. The van der Waals surface area contributed by atoms with Crippen LogP contribution in [0.15, 0.2) is 60.9 Å². The van der Waals surface area contributed by atoms with Gasteiger partial charge in [0, 0.05) is 54.0 Å². The van der Waals surface area contributed by atoms with Crippen molar-refractivity contribution in [3.63, 3.8) is 0 Å². The number of amides is 1. The van der Waals surface area contributed by atoms with Crippen molar-refractivity contribution in [1.82, 2.24) is 19.9 Å². The molecular weight excluding hydrogens is 552 g/mol. The van der Waals surface area contributed by atoms with Crippen LogP contribution in [0.3, 0.4) is 0 Å². The number of benzene rings is 2. The number of piperidine rings is 1. The quantitative estimate of drug-likeness (QED) is 0.222. The minimum Gasteiger partial charge on any atom is -0.444 e. The van der Waals surface area contributed by atoms with E-state index in [1.54, 1.807) is 17.3 Å². The van der Waals surface area contributed by atoms with Crippen LogP contribution in [0.25, 0.3) is 22.0 Å². The minimum atomic E-state index is -0.530. The summed E-state index contributed by atoms with van der Waals surface area (Å²) in [6, 6.07) is 16.9. The first-order valence-corrected chi connectivity index (χ1v) is 15.7. The molecule has 44 heavy (non-hydrogen) atoms. The highest BCUT2D eigenvalue weighted by Crippen LogP contribution is 2.39. The molecule has 230 valence electrons. The summed E-state index contributed by atoms with van der Waals surface area (Å²) in [5, 5.41) is 9.38. The van der Waals surface area contributed by atoms with Crippen molar-refractivity contribution >= 4 is 28.5 Å². The number of nitrogens with zero attached hydrogens (tertiary/aromatic N) is 4. The molecule has 0 unspecified atom stereocenters. The Labute approximate surface area is 259 Å². The van der Waals surface area contributed by atoms with Gasteiger partial charge in [-0.2, -0.15) is 0 Å². The van der Waals surface area contributed by atoms with Crippen molar-refractivity contribution < 1.29 is 14.3 Å². The average molecular weight is 595 g/mol. The predicted molar refractivity (Wildman–Crippen MR) is 174 cm³/mol. The van der Waals surface area contributed by atoms with Crippen molar-refractivity contribution in [3.05, 3.63) is 66.5 Å². The largest absolute Gasteiger partial charge is 0.444 e. The maximum atomic E-state index is 12.7. The summed E-state index contributed by atoms with van der Waals surface area (Å²) in [4.78, 5) is 28.4. The average Bonchev–Trinajstić information content (AvgIpc) is 3.52. The molecule has 2 N–H and O–H groups in total. The number of rotatable bonds is 7. The van der Waals surface area contributed by atoms with Gasteiger partial charge in [0.25, 0.3) is 0 Å². The van der Waals surface area contributed by atoms with Crippen molar-refractivity contribution in [2.24, 2.45) is 0 Å². The van der Waals surface area contributed by atoms with E-state index in [2.05, 4.69) is 57.9 Å². The molecule has 2 aliphatic rings. The molecule has 2 fully saturated rings. The Morgan fingerprint density at radius 3 is 2.52 bits per heavy atom. The third-order valence-corrected chi connectivity index (χ3v) is 8.23. The van der Waals surface area contributed by atoms with E-state index < -0.39 is 5.60 Å². The van der Waals surface area contributed by atoms with E-state index in [9.17, 15) is 4.79 Å². The number of fused-ring (bicyclic) bond motifs is 1. The van der Waals surface area contributed by atoms with Crippen LogP contribution < -0.4 is 15.4 Å². The van der Waals surface area contributed by atoms with Gasteiger partial charge in [-0.25, -0.2) is 19.7 Å². The lowest BCUT2D eigenvalue weighted by atomic mass is 10.0. The molecule has 4 aromatic rings. The SMILES string of the molecule is Cc1ccc2c(NC3CCCC3)cccc2c1Oc1ncccc1-c1ccnc(N[C@H]2CCCN(C(=O)OC(C)(C)C)C2)n1. The minimum absolute atomic E-state index is 0.0153. The highest BCUT2D eigenvalue weighted by molar-refractivity contribution is 5.98. The highest BCUT2D eigenvalue weighted by Gasteiger charge is 2.28. The van der Waals surface area contributed by atoms with Crippen LogP contribution in [-0.4, -0.2) is 56.7 Å². The van der Waals surface area contributed by atoms with E-state index in [1.807, 2.05) is 39.0 Å². The Kier molecular flexibility index (Phi) is 8.55. The van der Waals surface area contributed by atoms with E-state index in [0.717, 1.165) is 46.2 Å². The molecule has 2 aromatic carbocycles. The number of carbonyl (C=O) groups excluding carboxylic acids is 1. The van der Waals surface area contributed by atoms with Crippen molar-refractivity contribution in [2.45, 2.75) is 83.9 Å². The zero-order chi connectivity index (χ0) is 30.7. The number of aryl methyl sites for hydroxylation is 1. The lowest BCUT2D eigenvalue weighted by molar-refractivity contribution is 0.0206. The van der Waals surface area contributed by atoms with Gasteiger partial charge in [-0.1, -0.05) is 37.1 Å². The number of likely N-dealkylation sites (tertiary alicyclic amines) is 1. The molecule has 0 spiro atoms. The van der Waals surface area contributed by atoms with E-state index in [4.69, 9.17) is 14.5 Å². The van der Waals surface area contributed by atoms with E-state index >= 15 is 0 Å². The van der Waals surface area contributed by atoms with Crippen LogP contribution in [0.5, 0.6) is 11.6 Å². The molecule has 1 saturated heterocycles. The molecule has 1 aliphatic heterocycles. The molecule has 6 rings (SSSR count). The first-order chi connectivity index (χ1) is 21.2. The Morgan fingerprint density at radius 1 is 0.886 bits per heavy atom. The van der Waals surface area contributed by atoms with Gasteiger partial charge in [0.1, 0.15) is 11.4 Å². The molecular formula is C35H42N6O3. The first kappa shape index (κ1) is 29.7. The van der Waals surface area contributed by atoms with Crippen LogP contribution in [0.2, 0.25) is 0 Å². The topological polar surface area (TPSA) is 102 Å². The summed E-state index contributed by atoms with van der Waals surface area (Å²) in [5.41, 5.74) is 3.11. The monoisotopic (exact) mass is 594 g/mol. The summed E-state index contributed by atoms with van der Waals surface area (Å²) < 4.78 is 12.2. The molecule has 1 atom stereocenters. The fourth-order valence-electron chi connectivity index (χ4n) is 6.10. The Morgan fingerprint density at radius 2 is 1.70 bits per heavy atom. The molecule has 9 heteroatoms. The zero-order valence-electron chi connectivity index (χ0n) is 26.1. The maximum Gasteiger partial charge on any atom is 0.410 e. The molecule has 3 heterocycles. The fourth-order valence-corrected chi connectivity index (χ4v) is 6.10. The summed E-state index contributed by atoms with van der Waals surface area (Å²) in [6.07, 6.45) is 9.95. The molecule has 1 aliphatic carbocycles. The number of aromatic nitrogens is 3. The van der Waals surface area contributed by atoms with Gasteiger partial charge in [0.05, 0.1) is 11.3 Å². The molecule has 9 nitrogen and oxygen atoms in total. The lowest BCUT2D eigenvalue weighted by Crippen LogP contribution is -2.47. The number of pyridine rings is 1. The van der Waals surface area contributed by atoms with E-state index in [1.165, 1.54) is 25.7 Å². The predicted octanol–water partition coefficient (Wildman–Crippen LogP) is 7.96. The highest BCUT2D eigenvalue weighted by atomic mass is 16.6. The second-order valence-corrected chi connectivity index (χ2v) is 12.9. The Bertz CT molecular complexity index is 1630. The van der Waals surface area contributed by atoms with Crippen molar-refractivity contribution in [2.75, 3.05) is 23.7 Å². The van der Waals surface area contributed by atoms with Crippen LogP contribution in [-0.2, 0) is 4.74 Å². The number of anilines is 2. The summed E-state index contributed by atoms with van der Waals surface area (Å²) in [6.45, 7) is 8.92.